The summed E-state index contributed by atoms with van der Waals surface area (Å²) in [7, 11) is 0. The first-order chi connectivity index (χ1) is 12.8. The number of likely N-dealkylation sites (N-methyl/N-ethyl adjacent to an activating group) is 1. The number of nitrogens with zero attached hydrogens (tertiary/aromatic N) is 2. The van der Waals surface area contributed by atoms with Crippen molar-refractivity contribution in [3.05, 3.63) is 24.2 Å². The van der Waals surface area contributed by atoms with Gasteiger partial charge in [-0.1, -0.05) is 13.8 Å². The standard InChI is InChI=1S/C20H36N4O2/c1-4-21-20(22-12-8-13-25-16-17-10-11-17)23-15-18(24(5-2)6-3)19-9-7-14-26-19/h7,9,14,17-18H,4-6,8,10-13,15-16H2,1-3H3,(H2,21,22,23). The molecule has 1 fully saturated rings. The zero-order chi connectivity index (χ0) is 18.6. The summed E-state index contributed by atoms with van der Waals surface area (Å²) >= 11 is 0. The van der Waals surface area contributed by atoms with E-state index in [1.54, 1.807) is 6.26 Å². The molecule has 0 bridgehead atoms. The van der Waals surface area contributed by atoms with Gasteiger partial charge in [0.05, 0.1) is 18.8 Å². The number of hydrogen-bond donors (Lipinski definition) is 2. The van der Waals surface area contributed by atoms with Crippen LogP contribution in [0.25, 0.3) is 0 Å². The zero-order valence-electron chi connectivity index (χ0n) is 16.7. The molecule has 2 rings (SSSR count). The van der Waals surface area contributed by atoms with Crippen LogP contribution in [0.4, 0.5) is 0 Å². The topological polar surface area (TPSA) is 62.0 Å². The van der Waals surface area contributed by atoms with Gasteiger partial charge in [0.25, 0.3) is 0 Å². The molecule has 2 N–H and O–H groups in total. The fourth-order valence-electron chi connectivity index (χ4n) is 2.97. The maximum Gasteiger partial charge on any atom is 0.191 e. The Bertz CT molecular complexity index is 496. The second kappa shape index (κ2) is 12.0. The summed E-state index contributed by atoms with van der Waals surface area (Å²) in [6.45, 7) is 12.5. The number of guanidine groups is 1. The lowest BCUT2D eigenvalue weighted by molar-refractivity contribution is 0.123. The van der Waals surface area contributed by atoms with Gasteiger partial charge in [0.1, 0.15) is 5.76 Å². The van der Waals surface area contributed by atoms with E-state index in [2.05, 4.69) is 36.3 Å². The monoisotopic (exact) mass is 364 g/mol. The quantitative estimate of drug-likeness (QED) is 0.320. The van der Waals surface area contributed by atoms with E-state index in [0.29, 0.717) is 6.54 Å². The number of hydrogen-bond acceptors (Lipinski definition) is 4. The van der Waals surface area contributed by atoms with E-state index in [1.165, 1.54) is 12.8 Å². The van der Waals surface area contributed by atoms with Crippen LogP contribution in [0.5, 0.6) is 0 Å². The lowest BCUT2D eigenvalue weighted by Crippen LogP contribution is -2.39. The summed E-state index contributed by atoms with van der Waals surface area (Å²) in [6, 6.07) is 4.15. The van der Waals surface area contributed by atoms with E-state index < -0.39 is 0 Å². The Morgan fingerprint density at radius 2 is 2.12 bits per heavy atom. The molecule has 0 aliphatic heterocycles. The third-order valence-electron chi connectivity index (χ3n) is 4.70. The molecule has 1 heterocycles. The predicted molar refractivity (Wildman–Crippen MR) is 107 cm³/mol. The van der Waals surface area contributed by atoms with Crippen LogP contribution < -0.4 is 10.6 Å². The molecule has 0 aromatic carbocycles. The number of aliphatic imine (C=N–C) groups is 1. The van der Waals surface area contributed by atoms with Crippen molar-refractivity contribution in [3.8, 4) is 0 Å². The third-order valence-corrected chi connectivity index (χ3v) is 4.70. The number of furan rings is 1. The summed E-state index contributed by atoms with van der Waals surface area (Å²) in [5, 5.41) is 6.74. The van der Waals surface area contributed by atoms with Crippen LogP contribution in [-0.4, -0.2) is 56.8 Å². The Labute approximate surface area is 158 Å². The third kappa shape index (κ3) is 7.38. The fraction of sp³-hybridized carbons (Fsp3) is 0.750. The van der Waals surface area contributed by atoms with Crippen LogP contribution in [0.3, 0.4) is 0 Å². The van der Waals surface area contributed by atoms with Gasteiger partial charge in [-0.15, -0.1) is 0 Å². The first-order valence-corrected chi connectivity index (χ1v) is 10.2. The maximum atomic E-state index is 5.69. The zero-order valence-corrected chi connectivity index (χ0v) is 16.7. The summed E-state index contributed by atoms with van der Waals surface area (Å²) in [5.41, 5.74) is 0. The smallest absolute Gasteiger partial charge is 0.191 e. The van der Waals surface area contributed by atoms with Crippen molar-refractivity contribution < 1.29 is 9.15 Å². The Morgan fingerprint density at radius 1 is 1.31 bits per heavy atom. The molecule has 26 heavy (non-hydrogen) atoms. The van der Waals surface area contributed by atoms with Crippen molar-refractivity contribution in [3.63, 3.8) is 0 Å². The van der Waals surface area contributed by atoms with Crippen LogP contribution in [0.1, 0.15) is 51.8 Å². The minimum atomic E-state index is 0.164. The lowest BCUT2D eigenvalue weighted by atomic mass is 10.2. The SMILES string of the molecule is CCNC(=NCC(c1ccco1)N(CC)CC)NCCCOCC1CC1. The van der Waals surface area contributed by atoms with Gasteiger partial charge in [0, 0.05) is 26.3 Å². The van der Waals surface area contributed by atoms with Gasteiger partial charge in [-0.2, -0.15) is 0 Å². The highest BCUT2D eigenvalue weighted by Crippen LogP contribution is 2.28. The Morgan fingerprint density at radius 3 is 2.73 bits per heavy atom. The Balaban J connectivity index is 1.81. The van der Waals surface area contributed by atoms with Crippen molar-refractivity contribution in [2.24, 2.45) is 10.9 Å². The van der Waals surface area contributed by atoms with E-state index in [9.17, 15) is 0 Å². The molecule has 1 aromatic rings. The Hall–Kier alpha value is -1.53. The minimum absolute atomic E-state index is 0.164. The summed E-state index contributed by atoms with van der Waals surface area (Å²) < 4.78 is 11.3. The Kier molecular flexibility index (Phi) is 9.56. The van der Waals surface area contributed by atoms with Gasteiger partial charge in [-0.05, 0) is 57.3 Å². The van der Waals surface area contributed by atoms with Gasteiger partial charge in [-0.25, -0.2) is 0 Å². The van der Waals surface area contributed by atoms with Crippen LogP contribution in [0, 0.1) is 5.92 Å². The van der Waals surface area contributed by atoms with Crippen LogP contribution in [0.2, 0.25) is 0 Å². The first kappa shape index (κ1) is 20.8. The molecule has 1 saturated carbocycles. The van der Waals surface area contributed by atoms with Gasteiger partial charge < -0.3 is 19.8 Å². The largest absolute Gasteiger partial charge is 0.468 e. The predicted octanol–water partition coefficient (Wildman–Crippen LogP) is 3.03. The summed E-state index contributed by atoms with van der Waals surface area (Å²) in [4.78, 5) is 7.17. The summed E-state index contributed by atoms with van der Waals surface area (Å²) in [5.74, 6) is 2.67. The number of nitrogens with one attached hydrogen (secondary N) is 2. The highest BCUT2D eigenvalue weighted by atomic mass is 16.5. The fourth-order valence-corrected chi connectivity index (χ4v) is 2.97. The maximum absolute atomic E-state index is 5.69. The van der Waals surface area contributed by atoms with Crippen LogP contribution >= 0.6 is 0 Å². The van der Waals surface area contributed by atoms with Crippen molar-refractivity contribution >= 4 is 5.96 Å². The molecular weight excluding hydrogens is 328 g/mol. The molecule has 6 heteroatoms. The molecule has 0 amide bonds. The van der Waals surface area contributed by atoms with Crippen molar-refractivity contribution in [1.82, 2.24) is 15.5 Å². The molecule has 0 radical (unpaired) electrons. The molecule has 0 spiro atoms. The molecule has 1 aromatic heterocycles. The lowest BCUT2D eigenvalue weighted by Gasteiger charge is -2.27. The van der Waals surface area contributed by atoms with Crippen LogP contribution in [-0.2, 0) is 4.74 Å². The molecule has 148 valence electrons. The second-order valence-corrected chi connectivity index (χ2v) is 6.77. The highest BCUT2D eigenvalue weighted by Gasteiger charge is 2.21. The minimum Gasteiger partial charge on any atom is -0.468 e. The highest BCUT2D eigenvalue weighted by molar-refractivity contribution is 5.79. The normalized spacial score (nSPS) is 16.1. The number of rotatable bonds is 13. The van der Waals surface area contributed by atoms with E-state index in [1.807, 2.05) is 12.1 Å². The van der Waals surface area contributed by atoms with E-state index >= 15 is 0 Å². The molecular formula is C20H36N4O2. The van der Waals surface area contributed by atoms with Crippen LogP contribution in [0.15, 0.2) is 27.8 Å². The molecule has 1 aliphatic carbocycles. The van der Waals surface area contributed by atoms with Gasteiger partial charge in [0.15, 0.2) is 5.96 Å². The summed E-state index contributed by atoms with van der Waals surface area (Å²) in [6.07, 6.45) is 5.42. The molecule has 6 nitrogen and oxygen atoms in total. The van der Waals surface area contributed by atoms with E-state index in [4.69, 9.17) is 14.1 Å². The molecule has 1 unspecified atom stereocenters. The molecule has 1 atom stereocenters. The molecule has 1 aliphatic rings. The number of ether oxygens (including phenoxy) is 1. The van der Waals surface area contributed by atoms with Crippen molar-refractivity contribution in [2.75, 3.05) is 45.9 Å². The van der Waals surface area contributed by atoms with E-state index in [-0.39, 0.29) is 6.04 Å². The first-order valence-electron chi connectivity index (χ1n) is 10.2. The average Bonchev–Trinajstić information content (AvgIpc) is 3.32. The van der Waals surface area contributed by atoms with Crippen molar-refractivity contribution in [2.45, 2.75) is 46.1 Å². The van der Waals surface area contributed by atoms with Gasteiger partial charge in [0.2, 0.25) is 0 Å². The average molecular weight is 365 g/mol. The van der Waals surface area contributed by atoms with Crippen molar-refractivity contribution in [1.29, 1.82) is 0 Å². The van der Waals surface area contributed by atoms with E-state index in [0.717, 1.165) is 63.5 Å². The molecule has 0 saturated heterocycles. The van der Waals surface area contributed by atoms with Gasteiger partial charge in [-0.3, -0.25) is 9.89 Å². The second-order valence-electron chi connectivity index (χ2n) is 6.77. The van der Waals surface area contributed by atoms with Gasteiger partial charge >= 0.3 is 0 Å².